The van der Waals surface area contributed by atoms with Gasteiger partial charge in [-0.3, -0.25) is 0 Å². The predicted molar refractivity (Wildman–Crippen MR) is 116 cm³/mol. The molecule has 0 aliphatic carbocycles. The van der Waals surface area contributed by atoms with E-state index in [1.165, 1.54) is 0 Å². The van der Waals surface area contributed by atoms with Gasteiger partial charge in [0.1, 0.15) is 12.4 Å². The second kappa shape index (κ2) is 9.27. The van der Waals surface area contributed by atoms with E-state index in [1.807, 2.05) is 24.3 Å². The first kappa shape index (κ1) is 20.4. The number of rotatable bonds is 6. The molecule has 0 saturated heterocycles. The normalized spacial score (nSPS) is 10.7. The Hall–Kier alpha value is -1.29. The Morgan fingerprint density at radius 3 is 2.00 bits per heavy atom. The molecule has 0 aliphatic heterocycles. The molecular formula is C20H14Cl5NO. The minimum absolute atomic E-state index is 0.312. The lowest BCUT2D eigenvalue weighted by molar-refractivity contribution is 0.303. The van der Waals surface area contributed by atoms with Gasteiger partial charge in [0.05, 0.1) is 10.7 Å². The van der Waals surface area contributed by atoms with Crippen LogP contribution in [0.2, 0.25) is 25.1 Å². The van der Waals surface area contributed by atoms with Crippen molar-refractivity contribution in [2.75, 3.05) is 5.32 Å². The molecule has 140 valence electrons. The van der Waals surface area contributed by atoms with Gasteiger partial charge < -0.3 is 10.1 Å². The maximum Gasteiger partial charge on any atom is 0.124 e. The molecule has 1 N–H and O–H groups in total. The molecule has 0 unspecified atom stereocenters. The zero-order valence-corrected chi connectivity index (χ0v) is 17.7. The highest BCUT2D eigenvalue weighted by atomic mass is 35.5. The molecule has 0 amide bonds. The smallest absolute Gasteiger partial charge is 0.124 e. The zero-order valence-electron chi connectivity index (χ0n) is 13.9. The van der Waals surface area contributed by atoms with Gasteiger partial charge in [-0.05, 0) is 48.5 Å². The summed E-state index contributed by atoms with van der Waals surface area (Å²) in [6.07, 6.45) is 0. The van der Waals surface area contributed by atoms with Gasteiger partial charge in [-0.15, -0.1) is 0 Å². The second-order valence-corrected chi connectivity index (χ2v) is 7.88. The standard InChI is InChI=1S/C20H14Cl5NO/c21-14-4-6-20(27-11-12-1-2-15(22)8-17(12)24)13(7-14)10-26-19-5-3-16(23)9-18(19)25/h1-9,26H,10-11H2. The molecule has 0 aromatic heterocycles. The third-order valence-corrected chi connectivity index (χ3v) is 5.19. The fraction of sp³-hybridized carbons (Fsp3) is 0.100. The van der Waals surface area contributed by atoms with Crippen molar-refractivity contribution in [3.8, 4) is 5.75 Å². The van der Waals surface area contributed by atoms with Gasteiger partial charge in [-0.25, -0.2) is 0 Å². The van der Waals surface area contributed by atoms with Crippen molar-refractivity contribution in [2.24, 2.45) is 0 Å². The summed E-state index contributed by atoms with van der Waals surface area (Å²) >= 11 is 30.4. The van der Waals surface area contributed by atoms with E-state index in [2.05, 4.69) is 5.32 Å². The summed E-state index contributed by atoms with van der Waals surface area (Å²) in [6, 6.07) is 16.0. The third-order valence-electron chi connectivity index (χ3n) is 3.82. The van der Waals surface area contributed by atoms with Crippen molar-refractivity contribution < 1.29 is 4.74 Å². The topological polar surface area (TPSA) is 21.3 Å². The van der Waals surface area contributed by atoms with E-state index in [4.69, 9.17) is 62.7 Å². The van der Waals surface area contributed by atoms with Crippen molar-refractivity contribution in [3.63, 3.8) is 0 Å². The monoisotopic (exact) mass is 459 g/mol. The Morgan fingerprint density at radius 1 is 0.667 bits per heavy atom. The Balaban J connectivity index is 1.74. The molecule has 3 rings (SSSR count). The van der Waals surface area contributed by atoms with Gasteiger partial charge in [0.15, 0.2) is 0 Å². The zero-order chi connectivity index (χ0) is 19.4. The van der Waals surface area contributed by atoms with E-state index in [0.717, 1.165) is 16.8 Å². The first-order valence-electron chi connectivity index (χ1n) is 7.96. The molecule has 0 radical (unpaired) electrons. The summed E-state index contributed by atoms with van der Waals surface area (Å²) in [5.41, 5.74) is 2.50. The summed E-state index contributed by atoms with van der Waals surface area (Å²) in [5.74, 6) is 0.697. The fourth-order valence-electron chi connectivity index (χ4n) is 2.44. The number of nitrogens with one attached hydrogen (secondary N) is 1. The van der Waals surface area contributed by atoms with Gasteiger partial charge in [0, 0.05) is 37.8 Å². The minimum atomic E-state index is 0.312. The Labute approximate surface area is 182 Å². The number of benzene rings is 3. The van der Waals surface area contributed by atoms with Gasteiger partial charge in [0.2, 0.25) is 0 Å². The van der Waals surface area contributed by atoms with Crippen LogP contribution in [0.1, 0.15) is 11.1 Å². The maximum absolute atomic E-state index is 6.21. The van der Waals surface area contributed by atoms with Crippen molar-refractivity contribution in [1.29, 1.82) is 0 Å². The van der Waals surface area contributed by atoms with Crippen LogP contribution < -0.4 is 10.1 Å². The highest BCUT2D eigenvalue weighted by molar-refractivity contribution is 6.36. The maximum atomic E-state index is 6.21. The largest absolute Gasteiger partial charge is 0.488 e. The first-order chi connectivity index (χ1) is 12.9. The number of halogens is 5. The number of hydrogen-bond donors (Lipinski definition) is 1. The molecule has 0 bridgehead atoms. The van der Waals surface area contributed by atoms with E-state index in [0.29, 0.717) is 44.0 Å². The molecule has 0 aliphatic rings. The van der Waals surface area contributed by atoms with Crippen LogP contribution in [0.4, 0.5) is 5.69 Å². The van der Waals surface area contributed by atoms with Crippen LogP contribution in [-0.4, -0.2) is 0 Å². The lowest BCUT2D eigenvalue weighted by atomic mass is 10.2. The van der Waals surface area contributed by atoms with Crippen molar-refractivity contribution in [3.05, 3.63) is 90.8 Å². The van der Waals surface area contributed by atoms with Crippen LogP contribution in [-0.2, 0) is 13.2 Å². The van der Waals surface area contributed by atoms with Crippen LogP contribution in [0.3, 0.4) is 0 Å². The summed E-state index contributed by atoms with van der Waals surface area (Å²) in [4.78, 5) is 0. The van der Waals surface area contributed by atoms with Gasteiger partial charge >= 0.3 is 0 Å². The Morgan fingerprint density at radius 2 is 1.30 bits per heavy atom. The molecule has 0 atom stereocenters. The van der Waals surface area contributed by atoms with Gasteiger partial charge in [0.25, 0.3) is 0 Å². The van der Waals surface area contributed by atoms with Crippen LogP contribution in [0, 0.1) is 0 Å². The van der Waals surface area contributed by atoms with Crippen LogP contribution >= 0.6 is 58.0 Å². The van der Waals surface area contributed by atoms with Crippen LogP contribution in [0.5, 0.6) is 5.75 Å². The van der Waals surface area contributed by atoms with Crippen molar-refractivity contribution >= 4 is 63.7 Å². The summed E-state index contributed by atoms with van der Waals surface area (Å²) in [7, 11) is 0. The fourth-order valence-corrected chi connectivity index (χ4v) is 3.58. The minimum Gasteiger partial charge on any atom is -0.488 e. The molecule has 0 fully saturated rings. The highest BCUT2D eigenvalue weighted by Crippen LogP contribution is 2.29. The molecule has 3 aromatic rings. The van der Waals surface area contributed by atoms with E-state index < -0.39 is 0 Å². The number of ether oxygens (including phenoxy) is 1. The van der Waals surface area contributed by atoms with Crippen LogP contribution in [0.15, 0.2) is 54.6 Å². The lowest BCUT2D eigenvalue weighted by Crippen LogP contribution is -2.04. The predicted octanol–water partition coefficient (Wildman–Crippen LogP) is 8.14. The lowest BCUT2D eigenvalue weighted by Gasteiger charge is -2.15. The quantitative estimate of drug-likeness (QED) is 0.400. The molecule has 0 spiro atoms. The Kier molecular flexibility index (Phi) is 7.02. The highest BCUT2D eigenvalue weighted by Gasteiger charge is 2.09. The van der Waals surface area contributed by atoms with E-state index >= 15 is 0 Å². The molecule has 0 saturated carbocycles. The summed E-state index contributed by atoms with van der Waals surface area (Å²) in [5, 5.41) is 6.15. The first-order valence-corrected chi connectivity index (χ1v) is 9.85. The molecule has 0 heterocycles. The molecule has 2 nitrogen and oxygen atoms in total. The number of anilines is 1. The molecule has 7 heteroatoms. The average molecular weight is 462 g/mol. The Bertz CT molecular complexity index is 961. The average Bonchev–Trinajstić information content (AvgIpc) is 2.61. The third kappa shape index (κ3) is 5.60. The second-order valence-electron chi connectivity index (χ2n) is 5.75. The van der Waals surface area contributed by atoms with Crippen molar-refractivity contribution in [1.82, 2.24) is 0 Å². The molecular weight excluding hydrogens is 447 g/mol. The van der Waals surface area contributed by atoms with Gasteiger partial charge in [-0.2, -0.15) is 0 Å². The number of hydrogen-bond acceptors (Lipinski definition) is 2. The molecule has 27 heavy (non-hydrogen) atoms. The molecule has 3 aromatic carbocycles. The van der Waals surface area contributed by atoms with E-state index in [1.54, 1.807) is 30.3 Å². The summed E-state index contributed by atoms with van der Waals surface area (Å²) in [6.45, 7) is 0.790. The SMILES string of the molecule is Clc1ccc(COc2ccc(Cl)cc2CNc2ccc(Cl)cc2Cl)c(Cl)c1. The van der Waals surface area contributed by atoms with Crippen LogP contribution in [0.25, 0.3) is 0 Å². The van der Waals surface area contributed by atoms with Crippen molar-refractivity contribution in [2.45, 2.75) is 13.2 Å². The van der Waals surface area contributed by atoms with E-state index in [9.17, 15) is 0 Å². The summed E-state index contributed by atoms with van der Waals surface area (Å²) < 4.78 is 5.96. The van der Waals surface area contributed by atoms with Gasteiger partial charge in [-0.1, -0.05) is 64.1 Å². The van der Waals surface area contributed by atoms with E-state index in [-0.39, 0.29) is 0 Å².